The molecule has 0 bridgehead atoms. The Morgan fingerprint density at radius 3 is 2.44 bits per heavy atom. The highest BCUT2D eigenvalue weighted by Gasteiger charge is 2.32. The van der Waals surface area contributed by atoms with Crippen molar-refractivity contribution < 1.29 is 0 Å². The van der Waals surface area contributed by atoms with E-state index in [1.54, 1.807) is 0 Å². The van der Waals surface area contributed by atoms with Crippen molar-refractivity contribution in [1.82, 2.24) is 10.2 Å². The summed E-state index contributed by atoms with van der Waals surface area (Å²) >= 11 is 0. The molecule has 0 fully saturated rings. The second-order valence-electron chi connectivity index (χ2n) is 5.85. The smallest absolute Gasteiger partial charge is 0.0501 e. The average Bonchev–Trinajstić information content (AvgIpc) is 2.29. The average molecular weight is 248 g/mol. The molecule has 0 saturated heterocycles. The van der Waals surface area contributed by atoms with Crippen molar-refractivity contribution in [3.63, 3.8) is 0 Å². The Bertz CT molecular complexity index is 369. The molecule has 2 nitrogen and oxygen atoms in total. The van der Waals surface area contributed by atoms with Crippen LogP contribution in [0.5, 0.6) is 0 Å². The van der Waals surface area contributed by atoms with E-state index in [1.807, 2.05) is 0 Å². The summed E-state index contributed by atoms with van der Waals surface area (Å²) in [4.78, 5) is 2.29. The van der Waals surface area contributed by atoms with Gasteiger partial charge in [-0.2, -0.15) is 0 Å². The predicted octanol–water partition coefficient (Wildman–Crippen LogP) is 3.38. The van der Waals surface area contributed by atoms with Crippen LogP contribution >= 0.6 is 0 Å². The minimum atomic E-state index is 0.0863. The molecule has 1 unspecified atom stereocenters. The maximum atomic E-state index is 3.69. The molecular formula is C16H28N2. The molecule has 0 aliphatic rings. The van der Waals surface area contributed by atoms with Gasteiger partial charge in [0.1, 0.15) is 0 Å². The lowest BCUT2D eigenvalue weighted by molar-refractivity contribution is 0.138. The van der Waals surface area contributed by atoms with Crippen LogP contribution in [-0.4, -0.2) is 31.1 Å². The molecule has 102 valence electrons. The van der Waals surface area contributed by atoms with E-state index >= 15 is 0 Å². The zero-order chi connectivity index (χ0) is 13.8. The fourth-order valence-electron chi connectivity index (χ4n) is 2.17. The predicted molar refractivity (Wildman–Crippen MR) is 80.0 cm³/mol. The van der Waals surface area contributed by atoms with Gasteiger partial charge in [0.05, 0.1) is 6.04 Å². The van der Waals surface area contributed by atoms with Crippen LogP contribution in [0.2, 0.25) is 0 Å². The fraction of sp³-hybridized carbons (Fsp3) is 0.625. The molecule has 0 aliphatic carbocycles. The van der Waals surface area contributed by atoms with Gasteiger partial charge in [-0.25, -0.2) is 0 Å². The molecule has 18 heavy (non-hydrogen) atoms. The molecule has 2 heteroatoms. The first-order chi connectivity index (χ1) is 8.39. The number of nitrogens with zero attached hydrogens (tertiary/aromatic N) is 1. The van der Waals surface area contributed by atoms with Gasteiger partial charge in [-0.15, -0.1) is 0 Å². The second-order valence-corrected chi connectivity index (χ2v) is 5.85. The van der Waals surface area contributed by atoms with Crippen LogP contribution in [0.15, 0.2) is 24.3 Å². The van der Waals surface area contributed by atoms with Crippen molar-refractivity contribution in [1.29, 1.82) is 0 Å². The molecule has 0 aromatic heterocycles. The van der Waals surface area contributed by atoms with Gasteiger partial charge in [0.15, 0.2) is 0 Å². The molecule has 1 aromatic rings. The van der Waals surface area contributed by atoms with E-state index in [9.17, 15) is 0 Å². The molecule has 1 N–H and O–H groups in total. The number of likely N-dealkylation sites (N-methyl/N-ethyl adjacent to an activating group) is 1. The summed E-state index contributed by atoms with van der Waals surface area (Å²) in [6.45, 7) is 10.0. The summed E-state index contributed by atoms with van der Waals surface area (Å²) < 4.78 is 0. The number of rotatable bonds is 6. The summed E-state index contributed by atoms with van der Waals surface area (Å²) in [5.74, 6) is 0. The Kier molecular flexibility index (Phi) is 5.36. The molecular weight excluding hydrogens is 220 g/mol. The lowest BCUT2D eigenvalue weighted by atomic mass is 9.87. The largest absolute Gasteiger partial charge is 0.308 e. The third-order valence-electron chi connectivity index (χ3n) is 3.83. The minimum Gasteiger partial charge on any atom is -0.308 e. The van der Waals surface area contributed by atoms with Crippen molar-refractivity contribution in [2.24, 2.45) is 0 Å². The SMILES string of the molecule is CCCNC(c1cccc(C)c1)C(C)(C)N(C)C. The first-order valence-corrected chi connectivity index (χ1v) is 6.87. The third-order valence-corrected chi connectivity index (χ3v) is 3.83. The van der Waals surface area contributed by atoms with E-state index in [-0.39, 0.29) is 5.54 Å². The highest BCUT2D eigenvalue weighted by atomic mass is 15.2. The Morgan fingerprint density at radius 2 is 1.94 bits per heavy atom. The standard InChI is InChI=1S/C16H28N2/c1-7-11-17-15(16(3,4)18(5)6)14-10-8-9-13(2)12-14/h8-10,12,15,17H,7,11H2,1-6H3. The number of benzene rings is 1. The van der Waals surface area contributed by atoms with Crippen LogP contribution in [0, 0.1) is 6.92 Å². The quantitative estimate of drug-likeness (QED) is 0.830. The van der Waals surface area contributed by atoms with E-state index in [0.717, 1.165) is 13.0 Å². The van der Waals surface area contributed by atoms with Crippen molar-refractivity contribution >= 4 is 0 Å². The van der Waals surface area contributed by atoms with Gasteiger partial charge in [0.25, 0.3) is 0 Å². The Labute approximate surface area is 112 Å². The van der Waals surface area contributed by atoms with E-state index in [1.165, 1.54) is 11.1 Å². The first-order valence-electron chi connectivity index (χ1n) is 6.87. The van der Waals surface area contributed by atoms with Crippen molar-refractivity contribution in [3.05, 3.63) is 35.4 Å². The van der Waals surface area contributed by atoms with Gasteiger partial charge >= 0.3 is 0 Å². The lowest BCUT2D eigenvalue weighted by Crippen LogP contribution is -2.49. The van der Waals surface area contributed by atoms with Crippen LogP contribution in [0.4, 0.5) is 0 Å². The second kappa shape index (κ2) is 6.35. The zero-order valence-corrected chi connectivity index (χ0v) is 12.7. The summed E-state index contributed by atoms with van der Waals surface area (Å²) in [6, 6.07) is 9.18. The zero-order valence-electron chi connectivity index (χ0n) is 12.7. The summed E-state index contributed by atoms with van der Waals surface area (Å²) in [5, 5.41) is 3.69. The van der Waals surface area contributed by atoms with Gasteiger partial charge in [0.2, 0.25) is 0 Å². The molecule has 0 heterocycles. The van der Waals surface area contributed by atoms with Gasteiger partial charge in [-0.05, 0) is 53.4 Å². The maximum Gasteiger partial charge on any atom is 0.0501 e. The Morgan fingerprint density at radius 1 is 1.28 bits per heavy atom. The number of nitrogens with one attached hydrogen (secondary N) is 1. The van der Waals surface area contributed by atoms with Gasteiger partial charge < -0.3 is 10.2 Å². The van der Waals surface area contributed by atoms with Crippen molar-refractivity contribution in [2.45, 2.75) is 45.7 Å². The molecule has 0 radical (unpaired) electrons. The van der Waals surface area contributed by atoms with Crippen LogP contribution in [0.3, 0.4) is 0 Å². The summed E-state index contributed by atoms with van der Waals surface area (Å²) in [7, 11) is 4.30. The van der Waals surface area contributed by atoms with Gasteiger partial charge in [0, 0.05) is 5.54 Å². The van der Waals surface area contributed by atoms with Crippen molar-refractivity contribution in [3.8, 4) is 0 Å². The normalized spacial score (nSPS) is 13.9. The Balaban J connectivity index is 3.05. The van der Waals surface area contributed by atoms with Gasteiger partial charge in [-0.1, -0.05) is 36.8 Å². The summed E-state index contributed by atoms with van der Waals surface area (Å²) in [5.41, 5.74) is 2.79. The number of hydrogen-bond acceptors (Lipinski definition) is 2. The molecule has 0 amide bonds. The highest BCUT2D eigenvalue weighted by Crippen LogP contribution is 2.29. The lowest BCUT2D eigenvalue weighted by Gasteiger charge is -2.41. The minimum absolute atomic E-state index is 0.0863. The molecule has 1 atom stereocenters. The topological polar surface area (TPSA) is 15.3 Å². The highest BCUT2D eigenvalue weighted by molar-refractivity contribution is 5.27. The van der Waals surface area contributed by atoms with Crippen LogP contribution in [0.25, 0.3) is 0 Å². The van der Waals surface area contributed by atoms with E-state index in [0.29, 0.717) is 6.04 Å². The van der Waals surface area contributed by atoms with E-state index in [2.05, 4.69) is 76.3 Å². The van der Waals surface area contributed by atoms with Crippen molar-refractivity contribution in [2.75, 3.05) is 20.6 Å². The Hall–Kier alpha value is -0.860. The van der Waals surface area contributed by atoms with Crippen LogP contribution in [-0.2, 0) is 0 Å². The summed E-state index contributed by atoms with van der Waals surface area (Å²) in [6.07, 6.45) is 1.16. The molecule has 1 aromatic carbocycles. The molecule has 0 saturated carbocycles. The fourth-order valence-corrected chi connectivity index (χ4v) is 2.17. The van der Waals surface area contributed by atoms with Crippen LogP contribution < -0.4 is 5.32 Å². The van der Waals surface area contributed by atoms with Gasteiger partial charge in [-0.3, -0.25) is 0 Å². The molecule has 0 aliphatic heterocycles. The van der Waals surface area contributed by atoms with Crippen LogP contribution in [0.1, 0.15) is 44.4 Å². The maximum absolute atomic E-state index is 3.69. The third kappa shape index (κ3) is 3.56. The monoisotopic (exact) mass is 248 g/mol. The number of hydrogen-bond donors (Lipinski definition) is 1. The number of aryl methyl sites for hydroxylation is 1. The first kappa shape index (κ1) is 15.2. The molecule has 0 spiro atoms. The molecule has 1 rings (SSSR count). The van der Waals surface area contributed by atoms with E-state index in [4.69, 9.17) is 0 Å². The van der Waals surface area contributed by atoms with E-state index < -0.39 is 0 Å².